The number of hydrogen-bond acceptors (Lipinski definition) is 4. The fraction of sp³-hybridized carbons (Fsp3) is 0. The molecule has 0 aliphatic heterocycles. The van der Waals surface area contributed by atoms with Crippen LogP contribution in [-0.2, 0) is 0 Å². The first-order chi connectivity index (χ1) is 7.22. The van der Waals surface area contributed by atoms with Gasteiger partial charge in [0.25, 0.3) is 0 Å². The molecule has 0 aliphatic rings. The van der Waals surface area contributed by atoms with Crippen LogP contribution in [0.3, 0.4) is 0 Å². The summed E-state index contributed by atoms with van der Waals surface area (Å²) < 4.78 is 5.21. The van der Waals surface area contributed by atoms with Gasteiger partial charge in [-0.05, 0) is 23.6 Å². The first kappa shape index (κ1) is 9.49. The number of carbonyl (C=O) groups is 1. The number of primary amides is 1. The van der Waals surface area contributed by atoms with Crippen molar-refractivity contribution in [1.82, 2.24) is 0 Å². The quantitative estimate of drug-likeness (QED) is 0.836. The van der Waals surface area contributed by atoms with Gasteiger partial charge < -0.3 is 10.2 Å². The van der Waals surface area contributed by atoms with Crippen LogP contribution in [0, 0.1) is 11.3 Å². The van der Waals surface area contributed by atoms with E-state index in [0.717, 1.165) is 0 Å². The predicted octanol–water partition coefficient (Wildman–Crippen LogP) is 1.98. The molecule has 0 aromatic carbocycles. The largest absolute Gasteiger partial charge is 0.445 e. The number of hydrogen-bond donors (Lipinski definition) is 1. The number of nitrogens with zero attached hydrogens (tertiary/aromatic N) is 1. The van der Waals surface area contributed by atoms with Crippen LogP contribution >= 0.6 is 11.3 Å². The first-order valence-corrected chi connectivity index (χ1v) is 4.98. The van der Waals surface area contributed by atoms with E-state index in [1.165, 1.54) is 11.3 Å². The summed E-state index contributed by atoms with van der Waals surface area (Å²) in [5.41, 5.74) is 5.61. The molecule has 1 amide bonds. The van der Waals surface area contributed by atoms with E-state index < -0.39 is 5.91 Å². The van der Waals surface area contributed by atoms with Crippen molar-refractivity contribution >= 4 is 17.2 Å². The Hall–Kier alpha value is -2.06. The number of amides is 1. The number of nitrogens with two attached hydrogens (primary N) is 1. The maximum atomic E-state index is 11.1. The van der Waals surface area contributed by atoms with Crippen molar-refractivity contribution in [3.8, 4) is 16.7 Å². The second-order valence-corrected chi connectivity index (χ2v) is 3.72. The van der Waals surface area contributed by atoms with Gasteiger partial charge in [0, 0.05) is 0 Å². The summed E-state index contributed by atoms with van der Waals surface area (Å²) in [6.45, 7) is 0. The zero-order valence-electron chi connectivity index (χ0n) is 7.56. The molecule has 0 fully saturated rings. The first-order valence-electron chi connectivity index (χ1n) is 4.10. The SMILES string of the molecule is N#Cc1ccc(-c2sccc2C(N)=O)o1. The van der Waals surface area contributed by atoms with Crippen molar-refractivity contribution < 1.29 is 9.21 Å². The minimum absolute atomic E-state index is 0.217. The molecule has 0 unspecified atom stereocenters. The smallest absolute Gasteiger partial charge is 0.250 e. The van der Waals surface area contributed by atoms with Crippen LogP contribution in [-0.4, -0.2) is 5.91 Å². The summed E-state index contributed by atoms with van der Waals surface area (Å²) in [5, 5.41) is 10.3. The Morgan fingerprint density at radius 3 is 2.87 bits per heavy atom. The van der Waals surface area contributed by atoms with Gasteiger partial charge in [0.2, 0.25) is 11.7 Å². The van der Waals surface area contributed by atoms with Crippen LogP contribution in [0.2, 0.25) is 0 Å². The molecule has 2 aromatic heterocycles. The minimum Gasteiger partial charge on any atom is -0.445 e. The van der Waals surface area contributed by atoms with E-state index in [4.69, 9.17) is 15.4 Å². The Morgan fingerprint density at radius 1 is 1.47 bits per heavy atom. The Morgan fingerprint density at radius 2 is 2.27 bits per heavy atom. The lowest BCUT2D eigenvalue weighted by Gasteiger charge is -1.94. The van der Waals surface area contributed by atoms with Crippen LogP contribution in [0.4, 0.5) is 0 Å². The van der Waals surface area contributed by atoms with Crippen LogP contribution in [0.15, 0.2) is 28.0 Å². The summed E-state index contributed by atoms with van der Waals surface area (Å²) in [5.74, 6) is 0.213. The van der Waals surface area contributed by atoms with Crippen molar-refractivity contribution in [3.63, 3.8) is 0 Å². The van der Waals surface area contributed by atoms with Gasteiger partial charge in [-0.3, -0.25) is 4.79 Å². The molecule has 0 saturated heterocycles. The van der Waals surface area contributed by atoms with Gasteiger partial charge in [-0.15, -0.1) is 11.3 Å². The van der Waals surface area contributed by atoms with E-state index in [1.54, 1.807) is 23.6 Å². The summed E-state index contributed by atoms with van der Waals surface area (Å²) in [7, 11) is 0. The Balaban J connectivity index is 2.50. The highest BCUT2D eigenvalue weighted by Gasteiger charge is 2.14. The molecular weight excluding hydrogens is 212 g/mol. The average Bonchev–Trinajstić information content (AvgIpc) is 2.85. The number of rotatable bonds is 2. The summed E-state index contributed by atoms with van der Waals surface area (Å²) in [6, 6.07) is 6.72. The minimum atomic E-state index is -0.499. The number of thiophene rings is 1. The zero-order chi connectivity index (χ0) is 10.8. The van der Waals surface area contributed by atoms with E-state index in [1.807, 2.05) is 6.07 Å². The van der Waals surface area contributed by atoms with E-state index in [9.17, 15) is 4.79 Å². The third-order valence-corrected chi connectivity index (χ3v) is 2.80. The van der Waals surface area contributed by atoms with Crippen molar-refractivity contribution in [3.05, 3.63) is 34.9 Å². The maximum absolute atomic E-state index is 11.1. The number of nitriles is 1. The summed E-state index contributed by atoms with van der Waals surface area (Å²) >= 11 is 1.35. The van der Waals surface area contributed by atoms with Crippen LogP contribution in [0.1, 0.15) is 16.1 Å². The van der Waals surface area contributed by atoms with Gasteiger partial charge in [-0.2, -0.15) is 5.26 Å². The highest BCUT2D eigenvalue weighted by molar-refractivity contribution is 7.14. The fourth-order valence-electron chi connectivity index (χ4n) is 1.21. The van der Waals surface area contributed by atoms with Crippen molar-refractivity contribution in [1.29, 1.82) is 5.26 Å². The lowest BCUT2D eigenvalue weighted by atomic mass is 10.2. The lowest BCUT2D eigenvalue weighted by molar-refractivity contribution is 0.100. The predicted molar refractivity (Wildman–Crippen MR) is 55.3 cm³/mol. The third-order valence-electron chi connectivity index (χ3n) is 1.87. The van der Waals surface area contributed by atoms with Gasteiger partial charge >= 0.3 is 0 Å². The molecule has 15 heavy (non-hydrogen) atoms. The van der Waals surface area contributed by atoms with Gasteiger partial charge in [0.05, 0.1) is 10.4 Å². The van der Waals surface area contributed by atoms with E-state index >= 15 is 0 Å². The lowest BCUT2D eigenvalue weighted by Crippen LogP contribution is -2.10. The molecule has 74 valence electrons. The van der Waals surface area contributed by atoms with Crippen LogP contribution in [0.25, 0.3) is 10.6 Å². The van der Waals surface area contributed by atoms with Crippen LogP contribution < -0.4 is 5.73 Å². The number of furan rings is 1. The van der Waals surface area contributed by atoms with Crippen molar-refractivity contribution in [2.24, 2.45) is 5.73 Å². The van der Waals surface area contributed by atoms with Crippen molar-refractivity contribution in [2.45, 2.75) is 0 Å². The molecule has 0 aliphatic carbocycles. The third kappa shape index (κ3) is 1.63. The molecule has 0 radical (unpaired) electrons. The van der Waals surface area contributed by atoms with E-state index in [2.05, 4.69) is 0 Å². The highest BCUT2D eigenvalue weighted by atomic mass is 32.1. The van der Waals surface area contributed by atoms with Gasteiger partial charge in [0.1, 0.15) is 11.8 Å². The molecule has 4 nitrogen and oxygen atoms in total. The van der Waals surface area contributed by atoms with E-state index in [0.29, 0.717) is 16.2 Å². The van der Waals surface area contributed by atoms with Gasteiger partial charge in [0.15, 0.2) is 0 Å². The normalized spacial score (nSPS) is 9.80. The molecule has 2 heterocycles. The highest BCUT2D eigenvalue weighted by Crippen LogP contribution is 2.30. The number of carbonyl (C=O) groups excluding carboxylic acids is 1. The molecule has 5 heteroatoms. The molecule has 2 rings (SSSR count). The Bertz CT molecular complexity index is 548. The molecule has 2 N–H and O–H groups in total. The molecule has 0 spiro atoms. The molecule has 0 saturated carbocycles. The maximum Gasteiger partial charge on any atom is 0.250 e. The second kappa shape index (κ2) is 3.59. The summed E-state index contributed by atoms with van der Waals surface area (Å²) in [4.78, 5) is 11.7. The fourth-order valence-corrected chi connectivity index (χ4v) is 2.08. The molecule has 2 aromatic rings. The second-order valence-electron chi connectivity index (χ2n) is 2.80. The Labute approximate surface area is 89.5 Å². The van der Waals surface area contributed by atoms with Crippen molar-refractivity contribution in [2.75, 3.05) is 0 Å². The molecule has 0 atom stereocenters. The van der Waals surface area contributed by atoms with Gasteiger partial charge in [-0.25, -0.2) is 0 Å². The topological polar surface area (TPSA) is 80.0 Å². The van der Waals surface area contributed by atoms with E-state index in [-0.39, 0.29) is 5.76 Å². The summed E-state index contributed by atoms with van der Waals surface area (Å²) in [6.07, 6.45) is 0. The molecular formula is C10H6N2O2S. The monoisotopic (exact) mass is 218 g/mol. The zero-order valence-corrected chi connectivity index (χ0v) is 8.38. The molecule has 0 bridgehead atoms. The Kier molecular flexibility index (Phi) is 2.27. The average molecular weight is 218 g/mol. The van der Waals surface area contributed by atoms with Crippen LogP contribution in [0.5, 0.6) is 0 Å². The standard InChI is InChI=1S/C10H6N2O2S/c11-5-6-1-2-8(14-6)9-7(10(12)13)3-4-15-9/h1-4H,(H2,12,13). The van der Waals surface area contributed by atoms with Gasteiger partial charge in [-0.1, -0.05) is 0 Å².